The fraction of sp³-hybridized carbons (Fsp3) is 0.333. The van der Waals surface area contributed by atoms with E-state index < -0.39 is 6.29 Å². The first-order valence-corrected chi connectivity index (χ1v) is 6.67. The molecule has 0 saturated carbocycles. The Hall–Kier alpha value is -0.980. The number of ether oxygens (including phenoxy) is 2. The Labute approximate surface area is 124 Å². The Morgan fingerprint density at radius 3 is 2.68 bits per heavy atom. The van der Waals surface area contributed by atoms with Gasteiger partial charge in [0.2, 0.25) is 6.29 Å². The summed E-state index contributed by atoms with van der Waals surface area (Å²) in [4.78, 5) is 0. The van der Waals surface area contributed by atoms with E-state index in [9.17, 15) is 0 Å². The highest BCUT2D eigenvalue weighted by Gasteiger charge is 2.17. The normalized spacial score (nSPS) is 13.6. The summed E-state index contributed by atoms with van der Waals surface area (Å²) in [6, 6.07) is 5.34. The maximum absolute atomic E-state index is 6.00. The summed E-state index contributed by atoms with van der Waals surface area (Å²) in [5.74, 6) is 2.45. The minimum absolute atomic E-state index is 0.264. The lowest BCUT2D eigenvalue weighted by Crippen LogP contribution is -2.18. The summed E-state index contributed by atoms with van der Waals surface area (Å²) >= 11 is 11.9. The third-order valence-corrected chi connectivity index (χ3v) is 3.18. The first kappa shape index (κ1) is 16.1. The summed E-state index contributed by atoms with van der Waals surface area (Å²) < 4.78 is 11.0. The number of benzene rings is 1. The van der Waals surface area contributed by atoms with E-state index in [1.54, 1.807) is 18.2 Å². The van der Waals surface area contributed by atoms with Gasteiger partial charge in [-0.25, -0.2) is 0 Å². The van der Waals surface area contributed by atoms with Crippen LogP contribution in [0.1, 0.15) is 25.0 Å². The molecular formula is C15H16Cl2O2. The number of hydrogen-bond donors (Lipinski definition) is 0. The molecule has 0 heterocycles. The van der Waals surface area contributed by atoms with Gasteiger partial charge in [-0.05, 0) is 37.0 Å². The Morgan fingerprint density at radius 2 is 2.16 bits per heavy atom. The van der Waals surface area contributed by atoms with Gasteiger partial charge in [0.25, 0.3) is 0 Å². The molecule has 0 aliphatic heterocycles. The minimum Gasteiger partial charge on any atom is -0.342 e. The van der Waals surface area contributed by atoms with Crippen molar-refractivity contribution in [3.63, 3.8) is 0 Å². The summed E-state index contributed by atoms with van der Waals surface area (Å²) in [6.45, 7) is 6.05. The summed E-state index contributed by atoms with van der Waals surface area (Å²) in [5.41, 5.74) is 0.884. The monoisotopic (exact) mass is 298 g/mol. The van der Waals surface area contributed by atoms with Gasteiger partial charge in [0.05, 0.1) is 16.1 Å². The van der Waals surface area contributed by atoms with E-state index in [4.69, 9.17) is 39.1 Å². The molecule has 2 atom stereocenters. The van der Waals surface area contributed by atoms with Crippen LogP contribution in [0.3, 0.4) is 0 Å². The molecule has 4 heteroatoms. The third-order valence-electron chi connectivity index (χ3n) is 2.44. The van der Waals surface area contributed by atoms with Gasteiger partial charge in [-0.15, -0.1) is 13.0 Å². The molecular weight excluding hydrogens is 283 g/mol. The predicted molar refractivity (Wildman–Crippen MR) is 79.3 cm³/mol. The molecule has 0 bridgehead atoms. The number of terminal acetylenes is 1. The van der Waals surface area contributed by atoms with Crippen LogP contribution in [0.4, 0.5) is 0 Å². The van der Waals surface area contributed by atoms with E-state index in [1.807, 2.05) is 13.0 Å². The molecule has 0 radical (unpaired) electrons. The molecule has 1 rings (SSSR count). The maximum Gasteiger partial charge on any atom is 0.222 e. The van der Waals surface area contributed by atoms with Gasteiger partial charge in [-0.1, -0.05) is 35.3 Å². The van der Waals surface area contributed by atoms with E-state index >= 15 is 0 Å². The van der Waals surface area contributed by atoms with Crippen molar-refractivity contribution in [1.82, 2.24) is 0 Å². The molecule has 0 N–H and O–H groups in total. The lowest BCUT2D eigenvalue weighted by atomic mass is 10.1. The molecule has 0 amide bonds. The van der Waals surface area contributed by atoms with Crippen LogP contribution < -0.4 is 0 Å². The van der Waals surface area contributed by atoms with Gasteiger partial charge in [0.1, 0.15) is 0 Å². The van der Waals surface area contributed by atoms with Crippen LogP contribution in [0.25, 0.3) is 0 Å². The van der Waals surface area contributed by atoms with Gasteiger partial charge < -0.3 is 9.47 Å². The molecule has 19 heavy (non-hydrogen) atoms. The third kappa shape index (κ3) is 4.89. The van der Waals surface area contributed by atoms with Crippen molar-refractivity contribution in [2.45, 2.75) is 25.7 Å². The van der Waals surface area contributed by atoms with Crippen LogP contribution in [0.2, 0.25) is 10.0 Å². The zero-order chi connectivity index (χ0) is 14.3. The van der Waals surface area contributed by atoms with Crippen LogP contribution in [-0.4, -0.2) is 12.9 Å². The van der Waals surface area contributed by atoms with Gasteiger partial charge in [-0.2, -0.15) is 0 Å². The molecule has 0 aliphatic rings. The highest BCUT2D eigenvalue weighted by molar-refractivity contribution is 6.42. The standard InChI is InChI=1S/C15H16Cl2O2/c1-4-7-14(19-15(5-2)18-6-3)11-8-9-12(16)13(17)10-11/h2,4,8-10,14-15H,1,6-7H2,3H3. The maximum atomic E-state index is 6.00. The van der Waals surface area contributed by atoms with Crippen molar-refractivity contribution in [2.75, 3.05) is 6.61 Å². The lowest BCUT2D eigenvalue weighted by Gasteiger charge is -2.21. The molecule has 2 nitrogen and oxygen atoms in total. The quantitative estimate of drug-likeness (QED) is 0.415. The molecule has 2 unspecified atom stereocenters. The topological polar surface area (TPSA) is 18.5 Å². The zero-order valence-electron chi connectivity index (χ0n) is 10.7. The first-order chi connectivity index (χ1) is 9.12. The SMILES string of the molecule is C#CC(OCC)OC(CC=C)c1ccc(Cl)c(Cl)c1. The van der Waals surface area contributed by atoms with Gasteiger partial charge in [0, 0.05) is 6.61 Å². The summed E-state index contributed by atoms with van der Waals surface area (Å²) in [7, 11) is 0. The fourth-order valence-electron chi connectivity index (χ4n) is 1.56. The lowest BCUT2D eigenvalue weighted by molar-refractivity contribution is -0.134. The van der Waals surface area contributed by atoms with Crippen molar-refractivity contribution in [3.8, 4) is 12.3 Å². The van der Waals surface area contributed by atoms with Crippen LogP contribution in [0.15, 0.2) is 30.9 Å². The largest absolute Gasteiger partial charge is 0.342 e. The Bertz CT molecular complexity index is 466. The van der Waals surface area contributed by atoms with E-state index in [2.05, 4.69) is 12.5 Å². The van der Waals surface area contributed by atoms with Crippen LogP contribution in [0, 0.1) is 12.3 Å². The number of rotatable bonds is 7. The van der Waals surface area contributed by atoms with Crippen molar-refractivity contribution < 1.29 is 9.47 Å². The molecule has 0 saturated heterocycles. The van der Waals surface area contributed by atoms with Crippen molar-refractivity contribution in [2.24, 2.45) is 0 Å². The average Bonchev–Trinajstić information content (AvgIpc) is 2.40. The molecule has 0 fully saturated rings. The Balaban J connectivity index is 2.90. The molecule has 0 spiro atoms. The smallest absolute Gasteiger partial charge is 0.222 e. The second kappa shape index (κ2) is 8.24. The highest BCUT2D eigenvalue weighted by atomic mass is 35.5. The fourth-order valence-corrected chi connectivity index (χ4v) is 1.87. The van der Waals surface area contributed by atoms with E-state index in [-0.39, 0.29) is 6.10 Å². The highest BCUT2D eigenvalue weighted by Crippen LogP contribution is 2.29. The van der Waals surface area contributed by atoms with E-state index in [0.717, 1.165) is 5.56 Å². The predicted octanol–water partition coefficient (Wildman–Crippen LogP) is 4.62. The Morgan fingerprint density at radius 1 is 1.42 bits per heavy atom. The molecule has 0 aromatic heterocycles. The molecule has 0 aliphatic carbocycles. The first-order valence-electron chi connectivity index (χ1n) is 5.91. The zero-order valence-corrected chi connectivity index (χ0v) is 12.2. The van der Waals surface area contributed by atoms with Gasteiger partial charge in [0.15, 0.2) is 0 Å². The van der Waals surface area contributed by atoms with Crippen molar-refractivity contribution in [3.05, 3.63) is 46.5 Å². The number of hydrogen-bond acceptors (Lipinski definition) is 2. The average molecular weight is 299 g/mol. The molecule has 1 aromatic rings. The van der Waals surface area contributed by atoms with E-state index in [0.29, 0.717) is 23.1 Å². The summed E-state index contributed by atoms with van der Waals surface area (Å²) in [5, 5.41) is 0.978. The number of halogens is 2. The second-order valence-corrected chi connectivity index (χ2v) is 4.59. The molecule has 102 valence electrons. The van der Waals surface area contributed by atoms with E-state index in [1.165, 1.54) is 0 Å². The van der Waals surface area contributed by atoms with Crippen LogP contribution in [0.5, 0.6) is 0 Å². The van der Waals surface area contributed by atoms with Crippen LogP contribution >= 0.6 is 23.2 Å². The molecule has 1 aromatic carbocycles. The van der Waals surface area contributed by atoms with Crippen molar-refractivity contribution >= 4 is 23.2 Å². The minimum atomic E-state index is -0.690. The van der Waals surface area contributed by atoms with Gasteiger partial charge in [-0.3, -0.25) is 0 Å². The van der Waals surface area contributed by atoms with Crippen molar-refractivity contribution in [1.29, 1.82) is 0 Å². The van der Waals surface area contributed by atoms with Crippen LogP contribution in [-0.2, 0) is 9.47 Å². The van der Waals surface area contributed by atoms with Gasteiger partial charge >= 0.3 is 0 Å². The Kier molecular flexibility index (Phi) is 6.97. The second-order valence-electron chi connectivity index (χ2n) is 3.78. The summed E-state index contributed by atoms with van der Waals surface area (Å²) in [6.07, 6.45) is 6.77.